The minimum absolute atomic E-state index is 0.221. The predicted octanol–water partition coefficient (Wildman–Crippen LogP) is 1.92. The van der Waals surface area contributed by atoms with E-state index in [2.05, 4.69) is 11.8 Å². The largest absolute Gasteiger partial charge is 0.418 e. The number of rotatable bonds is 2. The minimum Gasteiger partial charge on any atom is -0.418 e. The molecule has 0 rings (SSSR count). The number of hydrogen-bond donors (Lipinski definition) is 0. The van der Waals surface area contributed by atoms with Gasteiger partial charge in [0.15, 0.2) is 11.5 Å². The summed E-state index contributed by atoms with van der Waals surface area (Å²) in [6.45, 7) is 5.95. The van der Waals surface area contributed by atoms with E-state index in [9.17, 15) is 9.59 Å². The lowest BCUT2D eigenvalue weighted by atomic mass is 10.4. The average Bonchev–Trinajstić information content (AvgIpc) is 2.20. The molecule has 0 heterocycles. The first-order valence-electron chi connectivity index (χ1n) is 4.71. The molecule has 0 aromatic rings. The highest BCUT2D eigenvalue weighted by Crippen LogP contribution is 1.99. The van der Waals surface area contributed by atoms with Crippen LogP contribution < -0.4 is 0 Å². The van der Waals surface area contributed by atoms with Gasteiger partial charge in [0, 0.05) is 13.8 Å². The molecule has 0 aromatic heterocycles. The second-order valence-corrected chi connectivity index (χ2v) is 2.74. The van der Waals surface area contributed by atoms with Crippen LogP contribution in [0.15, 0.2) is 23.7 Å². The molecule has 0 unspecified atom stereocenters. The van der Waals surface area contributed by atoms with E-state index in [1.165, 1.54) is 13.8 Å². The maximum absolute atomic E-state index is 10.7. The number of carbonyl (C=O) groups excluding carboxylic acids is 2. The number of ether oxygens (including phenoxy) is 2. The minimum atomic E-state index is -0.447. The molecular weight excluding hydrogens is 208 g/mol. The van der Waals surface area contributed by atoms with Crippen LogP contribution in [0.2, 0.25) is 0 Å². The number of hydrogen-bond acceptors (Lipinski definition) is 4. The van der Waals surface area contributed by atoms with Gasteiger partial charge in [0.2, 0.25) is 0 Å². The Morgan fingerprint density at radius 1 is 0.875 bits per heavy atom. The summed E-state index contributed by atoms with van der Waals surface area (Å²) in [6, 6.07) is 0. The zero-order valence-corrected chi connectivity index (χ0v) is 9.79. The molecule has 0 spiro atoms. The summed E-state index contributed by atoms with van der Waals surface area (Å²) in [5.41, 5.74) is 0. The van der Waals surface area contributed by atoms with Crippen molar-refractivity contribution in [3.63, 3.8) is 0 Å². The zero-order valence-electron chi connectivity index (χ0n) is 9.79. The van der Waals surface area contributed by atoms with Crippen molar-refractivity contribution in [2.45, 2.75) is 27.7 Å². The fourth-order valence-electron chi connectivity index (χ4n) is 0.746. The first-order valence-corrected chi connectivity index (χ1v) is 4.71. The van der Waals surface area contributed by atoms with Crippen molar-refractivity contribution in [2.75, 3.05) is 0 Å². The number of allylic oxidation sites excluding steroid dienone is 4. The predicted molar refractivity (Wildman–Crippen MR) is 58.8 cm³/mol. The standard InChI is InChI=1S/C12H14O4/c1-5-11(15-9(3)13)7-8-12(6-2)16-10(4)14/h5-6H,1-4H3/b11-5-,12-6+. The van der Waals surface area contributed by atoms with Crippen molar-refractivity contribution in [3.05, 3.63) is 23.7 Å². The van der Waals surface area contributed by atoms with E-state index in [4.69, 9.17) is 9.47 Å². The van der Waals surface area contributed by atoms with Crippen molar-refractivity contribution < 1.29 is 19.1 Å². The first-order chi connectivity index (χ1) is 7.49. The first kappa shape index (κ1) is 14.0. The molecule has 4 nitrogen and oxygen atoms in total. The summed E-state index contributed by atoms with van der Waals surface area (Å²) in [5, 5.41) is 0. The van der Waals surface area contributed by atoms with Crippen LogP contribution in [0.5, 0.6) is 0 Å². The molecule has 86 valence electrons. The molecule has 0 atom stereocenters. The van der Waals surface area contributed by atoms with Crippen LogP contribution in [0.1, 0.15) is 27.7 Å². The van der Waals surface area contributed by atoms with Gasteiger partial charge in [0.05, 0.1) is 0 Å². The molecule has 0 saturated carbocycles. The third-order valence-corrected chi connectivity index (χ3v) is 1.34. The molecule has 0 aliphatic heterocycles. The maximum Gasteiger partial charge on any atom is 0.308 e. The van der Waals surface area contributed by atoms with Gasteiger partial charge in [-0.3, -0.25) is 9.59 Å². The number of esters is 2. The molecule has 0 aromatic carbocycles. The normalized spacial score (nSPS) is 11.2. The topological polar surface area (TPSA) is 52.6 Å². The molecular formula is C12H14O4. The highest BCUT2D eigenvalue weighted by atomic mass is 16.5. The van der Waals surface area contributed by atoms with E-state index in [0.29, 0.717) is 0 Å². The Labute approximate surface area is 94.9 Å². The summed E-state index contributed by atoms with van der Waals surface area (Å²) >= 11 is 0. The van der Waals surface area contributed by atoms with Crippen molar-refractivity contribution >= 4 is 11.9 Å². The third-order valence-electron chi connectivity index (χ3n) is 1.34. The quantitative estimate of drug-likeness (QED) is 0.407. The summed E-state index contributed by atoms with van der Waals surface area (Å²) in [6.07, 6.45) is 3.10. The molecule has 0 fully saturated rings. The smallest absolute Gasteiger partial charge is 0.308 e. The maximum atomic E-state index is 10.7. The fourth-order valence-corrected chi connectivity index (χ4v) is 0.746. The Kier molecular flexibility index (Phi) is 6.37. The second kappa shape index (κ2) is 7.30. The van der Waals surface area contributed by atoms with E-state index in [0.717, 1.165) is 0 Å². The zero-order chi connectivity index (χ0) is 12.6. The molecule has 0 radical (unpaired) electrons. The monoisotopic (exact) mass is 222 g/mol. The number of carbonyl (C=O) groups is 2. The van der Waals surface area contributed by atoms with Crippen LogP contribution in [-0.2, 0) is 19.1 Å². The molecule has 16 heavy (non-hydrogen) atoms. The highest BCUT2D eigenvalue weighted by molar-refractivity contribution is 5.69. The lowest BCUT2D eigenvalue weighted by Crippen LogP contribution is -1.99. The average molecular weight is 222 g/mol. The van der Waals surface area contributed by atoms with E-state index < -0.39 is 11.9 Å². The summed E-state index contributed by atoms with van der Waals surface area (Å²) in [4.78, 5) is 21.3. The Morgan fingerprint density at radius 3 is 1.38 bits per heavy atom. The van der Waals surface area contributed by atoms with Gasteiger partial charge in [0.1, 0.15) is 0 Å². The van der Waals surface area contributed by atoms with Gasteiger partial charge >= 0.3 is 11.9 Å². The summed E-state index contributed by atoms with van der Waals surface area (Å²) in [7, 11) is 0. The third kappa shape index (κ3) is 6.44. The molecule has 0 aliphatic rings. The Balaban J connectivity index is 4.67. The summed E-state index contributed by atoms with van der Waals surface area (Å²) < 4.78 is 9.56. The van der Waals surface area contributed by atoms with E-state index >= 15 is 0 Å². The van der Waals surface area contributed by atoms with Crippen molar-refractivity contribution in [1.82, 2.24) is 0 Å². The molecule has 0 saturated heterocycles. The van der Waals surface area contributed by atoms with Crippen LogP contribution in [0, 0.1) is 11.8 Å². The Morgan fingerprint density at radius 2 is 1.19 bits per heavy atom. The van der Waals surface area contributed by atoms with Gasteiger partial charge in [-0.2, -0.15) is 0 Å². The van der Waals surface area contributed by atoms with Crippen LogP contribution in [0.3, 0.4) is 0 Å². The lowest BCUT2D eigenvalue weighted by Gasteiger charge is -1.99. The molecule has 0 N–H and O–H groups in total. The van der Waals surface area contributed by atoms with Gasteiger partial charge in [-0.1, -0.05) is 0 Å². The van der Waals surface area contributed by atoms with Gasteiger partial charge in [0.25, 0.3) is 0 Å². The van der Waals surface area contributed by atoms with Gasteiger partial charge < -0.3 is 9.47 Å². The van der Waals surface area contributed by atoms with Gasteiger partial charge in [-0.25, -0.2) is 0 Å². The van der Waals surface area contributed by atoms with Crippen molar-refractivity contribution in [3.8, 4) is 11.8 Å². The molecule has 0 bridgehead atoms. The molecule has 0 amide bonds. The molecule has 4 heteroatoms. The van der Waals surface area contributed by atoms with Gasteiger partial charge in [-0.15, -0.1) is 0 Å². The van der Waals surface area contributed by atoms with E-state index in [-0.39, 0.29) is 11.5 Å². The van der Waals surface area contributed by atoms with Crippen LogP contribution >= 0.6 is 0 Å². The highest BCUT2D eigenvalue weighted by Gasteiger charge is 1.98. The molecule has 0 aliphatic carbocycles. The second-order valence-electron chi connectivity index (χ2n) is 2.74. The Hall–Kier alpha value is -2.02. The van der Waals surface area contributed by atoms with E-state index in [1.54, 1.807) is 26.0 Å². The Bertz CT molecular complexity index is 355. The summed E-state index contributed by atoms with van der Waals surface area (Å²) in [5.74, 6) is 4.71. The van der Waals surface area contributed by atoms with Crippen molar-refractivity contribution in [1.29, 1.82) is 0 Å². The fraction of sp³-hybridized carbons (Fsp3) is 0.333. The van der Waals surface area contributed by atoms with E-state index in [1.807, 2.05) is 0 Å². The van der Waals surface area contributed by atoms with Crippen LogP contribution in [-0.4, -0.2) is 11.9 Å². The SMILES string of the molecule is C/C=C(/C#C/C(=C\C)OC(C)=O)OC(C)=O. The van der Waals surface area contributed by atoms with Gasteiger partial charge in [-0.05, 0) is 37.8 Å². The van der Waals surface area contributed by atoms with Crippen LogP contribution in [0.4, 0.5) is 0 Å². The lowest BCUT2D eigenvalue weighted by molar-refractivity contribution is -0.137. The van der Waals surface area contributed by atoms with Crippen molar-refractivity contribution in [2.24, 2.45) is 0 Å². The van der Waals surface area contributed by atoms with Crippen LogP contribution in [0.25, 0.3) is 0 Å².